The van der Waals surface area contributed by atoms with Crippen molar-refractivity contribution in [1.29, 1.82) is 0 Å². The maximum Gasteiger partial charge on any atom is 0.119 e. The standard InChI is InChI=1S/C16H17BrO2/c17-13-16(14-7-3-1-4-8-14)19-12-11-18-15-9-5-2-6-10-15/h1-10,16H,11-13H2. The Bertz CT molecular complexity index is 459. The van der Waals surface area contributed by atoms with Crippen molar-refractivity contribution in [2.75, 3.05) is 18.5 Å². The molecule has 2 aromatic rings. The first-order valence-electron chi connectivity index (χ1n) is 6.30. The molecule has 0 radical (unpaired) electrons. The summed E-state index contributed by atoms with van der Waals surface area (Å²) in [5, 5.41) is 0.780. The third-order valence-electron chi connectivity index (χ3n) is 2.73. The molecule has 100 valence electrons. The molecule has 1 atom stereocenters. The van der Waals surface area contributed by atoms with Gasteiger partial charge >= 0.3 is 0 Å². The van der Waals surface area contributed by atoms with Crippen LogP contribution in [0.15, 0.2) is 60.7 Å². The third kappa shape index (κ3) is 4.69. The molecular weight excluding hydrogens is 304 g/mol. The zero-order valence-electron chi connectivity index (χ0n) is 10.7. The van der Waals surface area contributed by atoms with Crippen molar-refractivity contribution < 1.29 is 9.47 Å². The number of para-hydroxylation sites is 1. The predicted molar refractivity (Wildman–Crippen MR) is 80.9 cm³/mol. The van der Waals surface area contributed by atoms with Crippen LogP contribution in [0.3, 0.4) is 0 Å². The lowest BCUT2D eigenvalue weighted by Crippen LogP contribution is -2.12. The van der Waals surface area contributed by atoms with Crippen LogP contribution in [0.4, 0.5) is 0 Å². The second kappa shape index (κ2) is 7.97. The van der Waals surface area contributed by atoms with Crippen LogP contribution < -0.4 is 4.74 Å². The smallest absolute Gasteiger partial charge is 0.119 e. The lowest BCUT2D eigenvalue weighted by Gasteiger charge is -2.16. The lowest BCUT2D eigenvalue weighted by atomic mass is 10.1. The Balaban J connectivity index is 1.75. The summed E-state index contributed by atoms with van der Waals surface area (Å²) in [7, 11) is 0. The summed E-state index contributed by atoms with van der Waals surface area (Å²) in [4.78, 5) is 0. The number of benzene rings is 2. The largest absolute Gasteiger partial charge is 0.491 e. The van der Waals surface area contributed by atoms with Gasteiger partial charge in [-0.15, -0.1) is 0 Å². The molecule has 0 spiro atoms. The number of hydrogen-bond donors (Lipinski definition) is 0. The molecule has 0 heterocycles. The summed E-state index contributed by atoms with van der Waals surface area (Å²) in [5.41, 5.74) is 1.18. The molecule has 0 aliphatic heterocycles. The molecule has 2 rings (SSSR count). The molecular formula is C16H17BrO2. The van der Waals surface area contributed by atoms with Crippen molar-refractivity contribution >= 4 is 15.9 Å². The maximum absolute atomic E-state index is 5.83. The quantitative estimate of drug-likeness (QED) is 0.561. The average molecular weight is 321 g/mol. The Morgan fingerprint density at radius 2 is 1.47 bits per heavy atom. The molecule has 19 heavy (non-hydrogen) atoms. The fourth-order valence-corrected chi connectivity index (χ4v) is 2.32. The summed E-state index contributed by atoms with van der Waals surface area (Å²) in [6, 6.07) is 20.0. The maximum atomic E-state index is 5.83. The van der Waals surface area contributed by atoms with Gasteiger partial charge in [0.1, 0.15) is 12.4 Å². The SMILES string of the molecule is BrCC(OCCOc1ccccc1)c1ccccc1. The molecule has 0 amide bonds. The fourth-order valence-electron chi connectivity index (χ4n) is 1.76. The van der Waals surface area contributed by atoms with Gasteiger partial charge in [0.15, 0.2) is 0 Å². The van der Waals surface area contributed by atoms with Crippen LogP contribution in [0.25, 0.3) is 0 Å². The summed E-state index contributed by atoms with van der Waals surface area (Å²) in [5.74, 6) is 0.876. The monoisotopic (exact) mass is 320 g/mol. The highest BCUT2D eigenvalue weighted by molar-refractivity contribution is 9.09. The molecule has 1 unspecified atom stereocenters. The van der Waals surface area contributed by atoms with Gasteiger partial charge in [-0.25, -0.2) is 0 Å². The average Bonchev–Trinajstić information content (AvgIpc) is 2.49. The van der Waals surface area contributed by atoms with Gasteiger partial charge in [-0.1, -0.05) is 64.5 Å². The minimum Gasteiger partial charge on any atom is -0.491 e. The highest BCUT2D eigenvalue weighted by Gasteiger charge is 2.09. The van der Waals surface area contributed by atoms with E-state index >= 15 is 0 Å². The Kier molecular flexibility index (Phi) is 5.92. The zero-order chi connectivity index (χ0) is 13.3. The second-order valence-corrected chi connectivity index (χ2v) is 4.73. The van der Waals surface area contributed by atoms with Crippen molar-refractivity contribution in [3.05, 3.63) is 66.2 Å². The van der Waals surface area contributed by atoms with Gasteiger partial charge in [-0.3, -0.25) is 0 Å². The molecule has 2 nitrogen and oxygen atoms in total. The van der Waals surface area contributed by atoms with Crippen molar-refractivity contribution in [2.45, 2.75) is 6.10 Å². The van der Waals surface area contributed by atoms with Crippen LogP contribution in [0, 0.1) is 0 Å². The molecule has 0 aliphatic rings. The van der Waals surface area contributed by atoms with E-state index in [4.69, 9.17) is 9.47 Å². The van der Waals surface area contributed by atoms with Gasteiger partial charge < -0.3 is 9.47 Å². The van der Waals surface area contributed by atoms with E-state index in [1.54, 1.807) is 0 Å². The van der Waals surface area contributed by atoms with E-state index < -0.39 is 0 Å². The minimum absolute atomic E-state index is 0.0700. The number of ether oxygens (including phenoxy) is 2. The van der Waals surface area contributed by atoms with Crippen LogP contribution in [0.2, 0.25) is 0 Å². The Morgan fingerprint density at radius 1 is 0.842 bits per heavy atom. The number of halogens is 1. The van der Waals surface area contributed by atoms with Crippen molar-refractivity contribution in [3.63, 3.8) is 0 Å². The fraction of sp³-hybridized carbons (Fsp3) is 0.250. The summed E-state index contributed by atoms with van der Waals surface area (Å²) in [6.07, 6.45) is 0.0700. The van der Waals surface area contributed by atoms with Crippen molar-refractivity contribution in [3.8, 4) is 5.75 Å². The Hall–Kier alpha value is -1.32. The first-order valence-corrected chi connectivity index (χ1v) is 7.42. The van der Waals surface area contributed by atoms with Crippen LogP contribution in [-0.4, -0.2) is 18.5 Å². The lowest BCUT2D eigenvalue weighted by molar-refractivity contribution is 0.0474. The van der Waals surface area contributed by atoms with Gasteiger partial charge in [0.05, 0.1) is 12.7 Å². The molecule has 0 bridgehead atoms. The van der Waals surface area contributed by atoms with E-state index in [0.717, 1.165) is 11.1 Å². The summed E-state index contributed by atoms with van der Waals surface area (Å²) in [6.45, 7) is 1.13. The topological polar surface area (TPSA) is 18.5 Å². The van der Waals surface area contributed by atoms with E-state index in [0.29, 0.717) is 13.2 Å². The molecule has 0 N–H and O–H groups in total. The van der Waals surface area contributed by atoms with Gasteiger partial charge in [-0.2, -0.15) is 0 Å². The molecule has 3 heteroatoms. The van der Waals surface area contributed by atoms with Gasteiger partial charge in [0.25, 0.3) is 0 Å². The van der Waals surface area contributed by atoms with E-state index in [1.807, 2.05) is 48.5 Å². The number of rotatable bonds is 7. The van der Waals surface area contributed by atoms with Crippen LogP contribution >= 0.6 is 15.9 Å². The van der Waals surface area contributed by atoms with E-state index in [9.17, 15) is 0 Å². The summed E-state index contributed by atoms with van der Waals surface area (Å²) < 4.78 is 11.4. The predicted octanol–water partition coefficient (Wildman–Crippen LogP) is 4.22. The molecule has 0 saturated heterocycles. The molecule has 0 fully saturated rings. The minimum atomic E-state index is 0.0700. The molecule has 0 saturated carbocycles. The first kappa shape index (κ1) is 14.1. The van der Waals surface area contributed by atoms with Gasteiger partial charge in [0.2, 0.25) is 0 Å². The highest BCUT2D eigenvalue weighted by Crippen LogP contribution is 2.19. The normalized spacial score (nSPS) is 12.1. The molecule has 0 aromatic heterocycles. The second-order valence-electron chi connectivity index (χ2n) is 4.09. The molecule has 0 aliphatic carbocycles. The van der Waals surface area contributed by atoms with Crippen LogP contribution in [-0.2, 0) is 4.74 Å². The number of hydrogen-bond acceptors (Lipinski definition) is 2. The van der Waals surface area contributed by atoms with Crippen molar-refractivity contribution in [2.24, 2.45) is 0 Å². The van der Waals surface area contributed by atoms with Crippen LogP contribution in [0.5, 0.6) is 5.75 Å². The van der Waals surface area contributed by atoms with E-state index in [-0.39, 0.29) is 6.10 Å². The highest BCUT2D eigenvalue weighted by atomic mass is 79.9. The summed E-state index contributed by atoms with van der Waals surface area (Å²) >= 11 is 3.48. The Morgan fingerprint density at radius 3 is 2.11 bits per heavy atom. The van der Waals surface area contributed by atoms with Crippen LogP contribution in [0.1, 0.15) is 11.7 Å². The third-order valence-corrected chi connectivity index (χ3v) is 3.31. The zero-order valence-corrected chi connectivity index (χ0v) is 12.3. The number of alkyl halides is 1. The first-order chi connectivity index (χ1) is 9.40. The van der Waals surface area contributed by atoms with Gasteiger partial charge in [0, 0.05) is 5.33 Å². The Labute approximate surface area is 122 Å². The van der Waals surface area contributed by atoms with E-state index in [1.165, 1.54) is 5.56 Å². The van der Waals surface area contributed by atoms with E-state index in [2.05, 4.69) is 28.1 Å². The molecule has 2 aromatic carbocycles. The van der Waals surface area contributed by atoms with Crippen molar-refractivity contribution in [1.82, 2.24) is 0 Å². The van der Waals surface area contributed by atoms with Gasteiger partial charge in [-0.05, 0) is 17.7 Å².